The van der Waals surface area contributed by atoms with Gasteiger partial charge in [0.1, 0.15) is 5.82 Å². The Labute approximate surface area is 294 Å². The molecule has 0 aromatic carbocycles. The number of aryl methyl sites for hydroxylation is 3. The molecule has 0 aliphatic heterocycles. The van der Waals surface area contributed by atoms with Gasteiger partial charge in [0.25, 0.3) is 35.7 Å². The van der Waals surface area contributed by atoms with Crippen LogP contribution in [0, 0.1) is 6.92 Å². The average molecular weight is 738 g/mol. The number of rotatable bonds is 14. The van der Waals surface area contributed by atoms with E-state index in [4.69, 9.17) is 17.0 Å². The average Bonchev–Trinajstić information content (AvgIpc) is 4.03. The van der Waals surface area contributed by atoms with Crippen molar-refractivity contribution in [2.45, 2.75) is 32.6 Å². The van der Waals surface area contributed by atoms with Crippen LogP contribution in [0.3, 0.4) is 0 Å². The number of anilines is 6. The Balaban J connectivity index is 0.810. The first-order chi connectivity index (χ1) is 26.4. The highest BCUT2D eigenvalue weighted by Crippen LogP contribution is 2.14. The standard InChI is InChI=1S/C19H19N35/c1-6-23-11(32-29-6)26-13-34-42-19(43-35-13)52-10(21)25-17(47-52)54-45-8(31-50-54)5-3-2-4-7-30-49-53(44-7)16-28-12(33-39-16)27-14-36-40-18(41-37-14)51-9(20)24-15(46-51)38-48-22/h2-5H2,1H3,(H2,20,24,46)(H2,21,25,47)(H2,23,26,29,32,34,35)(H2,27,28,33,36,37,39). The molecule has 0 atom stereocenters. The van der Waals surface area contributed by atoms with Crippen LogP contribution >= 0.6 is 0 Å². The van der Waals surface area contributed by atoms with Gasteiger partial charge in [-0.3, -0.25) is 15.7 Å². The van der Waals surface area contributed by atoms with Crippen LogP contribution in [-0.2, 0) is 12.8 Å². The van der Waals surface area contributed by atoms with Crippen LogP contribution in [0.2, 0.25) is 0 Å². The quantitative estimate of drug-likeness (QED) is 0.0275. The largest absolute Gasteiger partial charge is 0.368 e. The van der Waals surface area contributed by atoms with Gasteiger partial charge in [-0.1, -0.05) is 9.59 Å². The number of nitrogens with two attached hydrogens (primary N) is 2. The van der Waals surface area contributed by atoms with E-state index in [9.17, 15) is 0 Å². The second-order valence-electron chi connectivity index (χ2n) is 10.3. The predicted molar refractivity (Wildman–Crippen MR) is 169 cm³/mol. The van der Waals surface area contributed by atoms with Gasteiger partial charge in [0.05, 0.1) is 0 Å². The number of hydrogen-bond acceptors (Lipinski definition) is 27. The maximum atomic E-state index is 8.52. The third-order valence-electron chi connectivity index (χ3n) is 6.53. The Kier molecular flexibility index (Phi) is 8.24. The van der Waals surface area contributed by atoms with E-state index >= 15 is 0 Å². The van der Waals surface area contributed by atoms with Gasteiger partial charge in [-0.05, 0) is 40.8 Å². The number of aromatic amines is 2. The lowest BCUT2D eigenvalue weighted by Gasteiger charge is -2.00. The first-order valence-corrected chi connectivity index (χ1v) is 15.0. The second-order valence-corrected chi connectivity index (χ2v) is 10.3. The lowest BCUT2D eigenvalue weighted by molar-refractivity contribution is 0.654. The molecule has 8 N–H and O–H groups in total. The minimum atomic E-state index is -0.216. The molecule has 0 saturated carbocycles. The molecule has 8 heterocycles. The van der Waals surface area contributed by atoms with Crippen molar-refractivity contribution in [3.63, 3.8) is 0 Å². The van der Waals surface area contributed by atoms with Crippen LogP contribution < -0.4 is 22.1 Å². The third kappa shape index (κ3) is 6.91. The zero-order valence-electron chi connectivity index (χ0n) is 27.0. The first-order valence-electron chi connectivity index (χ1n) is 15.0. The van der Waals surface area contributed by atoms with Crippen LogP contribution in [0.25, 0.3) is 34.2 Å². The number of tetrazole rings is 2. The van der Waals surface area contributed by atoms with Crippen molar-refractivity contribution in [3.05, 3.63) is 27.9 Å². The van der Waals surface area contributed by atoms with E-state index in [0.29, 0.717) is 43.2 Å². The highest BCUT2D eigenvalue weighted by molar-refractivity contribution is 5.42. The van der Waals surface area contributed by atoms with Crippen LogP contribution in [0.5, 0.6) is 0 Å². The fourth-order valence-corrected chi connectivity index (χ4v) is 4.23. The summed E-state index contributed by atoms with van der Waals surface area (Å²) in [5.74, 6) is 1.52. The summed E-state index contributed by atoms with van der Waals surface area (Å²) < 4.78 is 2.13. The molecule has 35 nitrogen and oxygen atoms in total. The molecule has 0 fully saturated rings. The molecular formula is C19H19N35. The van der Waals surface area contributed by atoms with Crippen molar-refractivity contribution >= 4 is 41.6 Å². The third-order valence-corrected chi connectivity index (χ3v) is 6.53. The SMILES string of the molecule is Cc1nc(Nc2nnc(-n3nc(-n4nnc(CCCCc5nnn(-c6n[nH]c(Nc7nnc(-n8nc(N=[N+]=[N-])nc8N)nn7)n6)n5)n4)nc3N)nn2)n[nH]1. The monoisotopic (exact) mass is 737 g/mol. The van der Waals surface area contributed by atoms with E-state index in [1.807, 2.05) is 0 Å². The molecule has 8 rings (SSSR count). The molecule has 54 heavy (non-hydrogen) atoms. The Morgan fingerprint density at radius 2 is 1.24 bits per heavy atom. The fourth-order valence-electron chi connectivity index (χ4n) is 4.23. The number of H-pyrrole nitrogens is 2. The van der Waals surface area contributed by atoms with Crippen LogP contribution in [0.4, 0.5) is 41.6 Å². The number of nitrogens with one attached hydrogen (secondary N) is 4. The zero-order valence-corrected chi connectivity index (χ0v) is 27.0. The van der Waals surface area contributed by atoms with Gasteiger partial charge in [0, 0.05) is 17.8 Å². The first kappa shape index (κ1) is 32.3. The highest BCUT2D eigenvalue weighted by atomic mass is 15.6. The van der Waals surface area contributed by atoms with E-state index in [1.54, 1.807) is 6.92 Å². The smallest absolute Gasteiger partial charge is 0.292 e. The summed E-state index contributed by atoms with van der Waals surface area (Å²) in [5.41, 5.74) is 20.3. The molecule has 0 unspecified atom stereocenters. The summed E-state index contributed by atoms with van der Waals surface area (Å²) in [4.78, 5) is 21.1. The summed E-state index contributed by atoms with van der Waals surface area (Å²) >= 11 is 0. The van der Waals surface area contributed by atoms with Gasteiger partial charge in [0.15, 0.2) is 11.6 Å². The number of nitrogen functional groups attached to an aromatic ring is 2. The predicted octanol–water partition coefficient (Wildman–Crippen LogP) is -3.34. The van der Waals surface area contributed by atoms with Crippen molar-refractivity contribution in [3.8, 4) is 23.8 Å². The van der Waals surface area contributed by atoms with E-state index in [0.717, 1.165) is 19.0 Å². The van der Waals surface area contributed by atoms with Crippen molar-refractivity contribution in [1.29, 1.82) is 0 Å². The molecule has 270 valence electrons. The van der Waals surface area contributed by atoms with E-state index in [-0.39, 0.29) is 65.4 Å². The van der Waals surface area contributed by atoms with Crippen molar-refractivity contribution in [2.75, 3.05) is 22.1 Å². The zero-order chi connectivity index (χ0) is 37.0. The molecule has 0 bridgehead atoms. The summed E-state index contributed by atoms with van der Waals surface area (Å²) in [6.07, 6.45) is 2.35. The van der Waals surface area contributed by atoms with Gasteiger partial charge >= 0.3 is 0 Å². The maximum Gasteiger partial charge on any atom is 0.292 e. The lowest BCUT2D eigenvalue weighted by atomic mass is 10.2. The topological polar surface area (TPSA) is 460 Å². The summed E-state index contributed by atoms with van der Waals surface area (Å²) in [7, 11) is 0. The minimum absolute atomic E-state index is 0.0354. The highest BCUT2D eigenvalue weighted by Gasteiger charge is 2.18. The van der Waals surface area contributed by atoms with E-state index < -0.39 is 0 Å². The summed E-state index contributed by atoms with van der Waals surface area (Å²) in [6.45, 7) is 1.74. The van der Waals surface area contributed by atoms with Gasteiger partial charge in [-0.2, -0.15) is 29.3 Å². The number of unbranched alkanes of at least 4 members (excludes halogenated alkanes) is 1. The second kappa shape index (κ2) is 13.8. The fraction of sp³-hybridized carbons (Fsp3) is 0.263. The van der Waals surface area contributed by atoms with Crippen LogP contribution in [0.1, 0.15) is 30.3 Å². The summed E-state index contributed by atoms with van der Waals surface area (Å²) in [6, 6.07) is 0. The Hall–Kier alpha value is -8.91. The molecule has 35 heteroatoms. The minimum Gasteiger partial charge on any atom is -0.368 e. The Morgan fingerprint density at radius 1 is 0.630 bits per heavy atom. The van der Waals surface area contributed by atoms with Crippen molar-refractivity contribution in [1.82, 2.24) is 141 Å². The van der Waals surface area contributed by atoms with Gasteiger partial charge in [-0.15, -0.1) is 81.6 Å². The molecule has 0 radical (unpaired) electrons. The van der Waals surface area contributed by atoms with Crippen LogP contribution in [0.15, 0.2) is 5.11 Å². The van der Waals surface area contributed by atoms with Crippen molar-refractivity contribution in [2.24, 2.45) is 5.11 Å². The van der Waals surface area contributed by atoms with Gasteiger partial charge in [-0.25, -0.2) is 5.10 Å². The van der Waals surface area contributed by atoms with E-state index in [1.165, 1.54) is 0 Å². The lowest BCUT2D eigenvalue weighted by Crippen LogP contribution is -2.11. The van der Waals surface area contributed by atoms with Crippen LogP contribution in [-0.4, -0.2) is 141 Å². The number of azide groups is 1. The molecule has 0 amide bonds. The molecule has 8 aromatic rings. The van der Waals surface area contributed by atoms with E-state index in [2.05, 4.69) is 143 Å². The molecule has 8 aromatic heterocycles. The maximum absolute atomic E-state index is 8.52. The summed E-state index contributed by atoms with van der Waals surface area (Å²) in [5, 5.41) is 86.2. The molecule has 0 aliphatic carbocycles. The number of nitrogens with zero attached hydrogens (tertiary/aromatic N) is 29. The molecular weight excluding hydrogens is 718 g/mol. The van der Waals surface area contributed by atoms with Crippen molar-refractivity contribution < 1.29 is 0 Å². The Bertz CT molecular complexity index is 2550. The normalized spacial score (nSPS) is 11.1. The number of hydrogen-bond donors (Lipinski definition) is 6. The van der Waals surface area contributed by atoms with Gasteiger partial charge in [0.2, 0.25) is 29.7 Å². The number of aromatic nitrogens is 28. The Morgan fingerprint density at radius 3 is 1.87 bits per heavy atom. The molecule has 0 spiro atoms. The molecule has 0 aliphatic rings. The van der Waals surface area contributed by atoms with Gasteiger partial charge < -0.3 is 11.5 Å². The molecule has 0 saturated heterocycles.